The lowest BCUT2D eigenvalue weighted by atomic mass is 9.87. The Morgan fingerprint density at radius 3 is 2.71 bits per heavy atom. The number of nitrogens with zero attached hydrogens (tertiary/aromatic N) is 2. The summed E-state index contributed by atoms with van der Waals surface area (Å²) < 4.78 is 1.85. The molecule has 0 spiro atoms. The minimum Gasteiger partial charge on any atom is -0.329 e. The Kier molecular flexibility index (Phi) is 4.46. The SMILES string of the molecule is CCn1ccnc1C(=O)CC(N)CC(C)(C)C. The van der Waals surface area contributed by atoms with Gasteiger partial charge in [0.05, 0.1) is 0 Å². The molecule has 1 atom stereocenters. The molecule has 1 rings (SSSR count). The largest absolute Gasteiger partial charge is 0.329 e. The lowest BCUT2D eigenvalue weighted by Crippen LogP contribution is -2.29. The van der Waals surface area contributed by atoms with Crippen LogP contribution in [0.25, 0.3) is 0 Å². The average Bonchev–Trinajstić information content (AvgIpc) is 2.61. The maximum absolute atomic E-state index is 12.0. The molecule has 0 aliphatic carbocycles. The van der Waals surface area contributed by atoms with E-state index in [4.69, 9.17) is 5.73 Å². The fourth-order valence-electron chi connectivity index (χ4n) is 2.00. The van der Waals surface area contributed by atoms with Crippen molar-refractivity contribution in [3.8, 4) is 0 Å². The zero-order valence-electron chi connectivity index (χ0n) is 11.2. The zero-order valence-corrected chi connectivity index (χ0v) is 11.2. The summed E-state index contributed by atoms with van der Waals surface area (Å²) in [5.74, 6) is 0.561. The van der Waals surface area contributed by atoms with Gasteiger partial charge in [0.15, 0.2) is 11.6 Å². The summed E-state index contributed by atoms with van der Waals surface area (Å²) in [6.45, 7) is 9.14. The molecule has 0 fully saturated rings. The van der Waals surface area contributed by atoms with E-state index in [1.54, 1.807) is 6.20 Å². The van der Waals surface area contributed by atoms with Gasteiger partial charge in [-0.05, 0) is 18.8 Å². The minimum absolute atomic E-state index is 0.0357. The van der Waals surface area contributed by atoms with E-state index in [2.05, 4.69) is 25.8 Å². The standard InChI is InChI=1S/C13H23N3O/c1-5-16-7-6-15-12(16)11(17)8-10(14)9-13(2,3)4/h6-7,10H,5,8-9,14H2,1-4H3. The first-order valence-corrected chi connectivity index (χ1v) is 6.13. The molecule has 0 aliphatic heterocycles. The number of ketones is 1. The molecular weight excluding hydrogens is 214 g/mol. The van der Waals surface area contributed by atoms with E-state index in [9.17, 15) is 4.79 Å². The number of Topliss-reactive ketones (excluding diaryl/α,β-unsaturated/α-hetero) is 1. The number of nitrogens with two attached hydrogens (primary N) is 1. The first-order chi connectivity index (χ1) is 7.83. The monoisotopic (exact) mass is 237 g/mol. The third-order valence-corrected chi connectivity index (χ3v) is 2.63. The van der Waals surface area contributed by atoms with Crippen molar-refractivity contribution < 1.29 is 4.79 Å². The highest BCUT2D eigenvalue weighted by Crippen LogP contribution is 2.21. The molecule has 4 heteroatoms. The van der Waals surface area contributed by atoms with Gasteiger partial charge in [-0.25, -0.2) is 4.98 Å². The molecule has 0 amide bonds. The fraction of sp³-hybridized carbons (Fsp3) is 0.692. The van der Waals surface area contributed by atoms with Crippen molar-refractivity contribution in [2.45, 2.75) is 53.1 Å². The van der Waals surface area contributed by atoms with Crippen LogP contribution in [0.4, 0.5) is 0 Å². The molecule has 1 heterocycles. The highest BCUT2D eigenvalue weighted by Gasteiger charge is 2.20. The molecule has 0 aliphatic rings. The second-order valence-corrected chi connectivity index (χ2v) is 5.69. The van der Waals surface area contributed by atoms with Crippen LogP contribution < -0.4 is 5.73 Å². The number of carbonyl (C=O) groups is 1. The smallest absolute Gasteiger partial charge is 0.199 e. The van der Waals surface area contributed by atoms with Crippen molar-refractivity contribution in [3.05, 3.63) is 18.2 Å². The molecule has 2 N–H and O–H groups in total. The Bertz CT molecular complexity index is 376. The van der Waals surface area contributed by atoms with Crippen molar-refractivity contribution in [2.75, 3.05) is 0 Å². The van der Waals surface area contributed by atoms with Crippen LogP contribution in [0.3, 0.4) is 0 Å². The molecule has 96 valence electrons. The highest BCUT2D eigenvalue weighted by atomic mass is 16.1. The third kappa shape index (κ3) is 4.30. The average molecular weight is 237 g/mol. The van der Waals surface area contributed by atoms with E-state index in [-0.39, 0.29) is 17.2 Å². The van der Waals surface area contributed by atoms with Gasteiger partial charge in [0.25, 0.3) is 0 Å². The molecular formula is C13H23N3O. The van der Waals surface area contributed by atoms with Gasteiger partial charge in [-0.1, -0.05) is 20.8 Å². The Hall–Kier alpha value is -1.16. The molecule has 0 aromatic carbocycles. The summed E-state index contributed by atoms with van der Waals surface area (Å²) in [6.07, 6.45) is 4.69. The summed E-state index contributed by atoms with van der Waals surface area (Å²) >= 11 is 0. The van der Waals surface area contributed by atoms with Crippen molar-refractivity contribution >= 4 is 5.78 Å². The van der Waals surface area contributed by atoms with E-state index in [1.807, 2.05) is 17.7 Å². The summed E-state index contributed by atoms with van der Waals surface area (Å²) in [4.78, 5) is 16.1. The number of hydrogen-bond donors (Lipinski definition) is 1. The summed E-state index contributed by atoms with van der Waals surface area (Å²) in [7, 11) is 0. The molecule has 4 nitrogen and oxygen atoms in total. The van der Waals surface area contributed by atoms with Crippen molar-refractivity contribution in [2.24, 2.45) is 11.1 Å². The molecule has 1 unspecified atom stereocenters. The van der Waals surface area contributed by atoms with Gasteiger partial charge in [-0.2, -0.15) is 0 Å². The molecule has 0 saturated heterocycles. The quantitative estimate of drug-likeness (QED) is 0.799. The van der Waals surface area contributed by atoms with Crippen LogP contribution >= 0.6 is 0 Å². The van der Waals surface area contributed by atoms with E-state index in [0.717, 1.165) is 13.0 Å². The number of aromatic nitrogens is 2. The highest BCUT2D eigenvalue weighted by molar-refractivity contribution is 5.93. The normalized spacial score (nSPS) is 13.7. The number of aryl methyl sites for hydroxylation is 1. The molecule has 17 heavy (non-hydrogen) atoms. The second-order valence-electron chi connectivity index (χ2n) is 5.69. The second kappa shape index (κ2) is 5.45. The topological polar surface area (TPSA) is 60.9 Å². The minimum atomic E-state index is -0.0930. The number of hydrogen-bond acceptors (Lipinski definition) is 3. The van der Waals surface area contributed by atoms with Crippen molar-refractivity contribution in [1.29, 1.82) is 0 Å². The Morgan fingerprint density at radius 1 is 1.53 bits per heavy atom. The van der Waals surface area contributed by atoms with E-state index in [0.29, 0.717) is 12.2 Å². The van der Waals surface area contributed by atoms with Crippen LogP contribution in [0.1, 0.15) is 51.2 Å². The predicted octanol–water partition coefficient (Wildman–Crippen LogP) is 2.24. The fourth-order valence-corrected chi connectivity index (χ4v) is 2.00. The lowest BCUT2D eigenvalue weighted by Gasteiger charge is -2.22. The van der Waals surface area contributed by atoms with E-state index < -0.39 is 0 Å². The van der Waals surface area contributed by atoms with Crippen LogP contribution in [0.15, 0.2) is 12.4 Å². The van der Waals surface area contributed by atoms with E-state index in [1.165, 1.54) is 0 Å². The van der Waals surface area contributed by atoms with Gasteiger partial charge >= 0.3 is 0 Å². The predicted molar refractivity (Wildman–Crippen MR) is 68.9 cm³/mol. The first-order valence-electron chi connectivity index (χ1n) is 6.13. The number of carbonyl (C=O) groups excluding carboxylic acids is 1. The number of imidazole rings is 1. The van der Waals surface area contributed by atoms with Crippen molar-refractivity contribution in [3.63, 3.8) is 0 Å². The van der Waals surface area contributed by atoms with Gasteiger partial charge < -0.3 is 10.3 Å². The zero-order chi connectivity index (χ0) is 13.1. The van der Waals surface area contributed by atoms with Crippen LogP contribution in [0.5, 0.6) is 0 Å². The van der Waals surface area contributed by atoms with Gasteiger partial charge in [-0.3, -0.25) is 4.79 Å². The molecule has 0 bridgehead atoms. The Labute approximate surface area is 103 Å². The van der Waals surface area contributed by atoms with E-state index >= 15 is 0 Å². The van der Waals surface area contributed by atoms with Crippen molar-refractivity contribution in [1.82, 2.24) is 9.55 Å². The molecule has 1 aromatic heterocycles. The number of rotatable bonds is 5. The van der Waals surface area contributed by atoms with Gasteiger partial charge in [0.1, 0.15) is 0 Å². The molecule has 0 saturated carbocycles. The summed E-state index contributed by atoms with van der Waals surface area (Å²) in [6, 6.07) is -0.0930. The van der Waals surface area contributed by atoms with Gasteiger partial charge in [-0.15, -0.1) is 0 Å². The molecule has 0 radical (unpaired) electrons. The lowest BCUT2D eigenvalue weighted by molar-refractivity contribution is 0.0954. The van der Waals surface area contributed by atoms with Crippen LogP contribution in [-0.4, -0.2) is 21.4 Å². The van der Waals surface area contributed by atoms with Gasteiger partial charge in [0, 0.05) is 31.4 Å². The van der Waals surface area contributed by atoms with Gasteiger partial charge in [0.2, 0.25) is 0 Å². The Balaban J connectivity index is 2.61. The van der Waals surface area contributed by atoms with Crippen LogP contribution in [0.2, 0.25) is 0 Å². The third-order valence-electron chi connectivity index (χ3n) is 2.63. The summed E-state index contributed by atoms with van der Waals surface area (Å²) in [5, 5.41) is 0. The van der Waals surface area contributed by atoms with Crippen LogP contribution in [-0.2, 0) is 6.54 Å². The summed E-state index contributed by atoms with van der Waals surface area (Å²) in [5.41, 5.74) is 6.15. The maximum atomic E-state index is 12.0. The molecule has 1 aromatic rings. The van der Waals surface area contributed by atoms with Crippen LogP contribution in [0, 0.1) is 5.41 Å². The maximum Gasteiger partial charge on any atom is 0.199 e. The Morgan fingerprint density at radius 2 is 2.18 bits per heavy atom. The first kappa shape index (κ1) is 13.9.